The van der Waals surface area contributed by atoms with Gasteiger partial charge in [0.05, 0.1) is 40.0 Å². The minimum atomic E-state index is 0.281. The van der Waals surface area contributed by atoms with E-state index in [2.05, 4.69) is 24.3 Å². The lowest BCUT2D eigenvalue weighted by atomic mass is 10.1. The second kappa shape index (κ2) is 11.7. The summed E-state index contributed by atoms with van der Waals surface area (Å²) in [7, 11) is 4.96. The van der Waals surface area contributed by atoms with Crippen molar-refractivity contribution in [2.45, 2.75) is 26.4 Å². The van der Waals surface area contributed by atoms with Crippen LogP contribution < -0.4 is 33.3 Å². The molecule has 0 aliphatic carbocycles. The maximum absolute atomic E-state index is 5.91. The molecule has 7 nitrogen and oxygen atoms in total. The van der Waals surface area contributed by atoms with Gasteiger partial charge in [-0.3, -0.25) is 0 Å². The third-order valence-electron chi connectivity index (χ3n) is 6.14. The Kier molecular flexibility index (Phi) is 8.21. The molecule has 0 saturated heterocycles. The average Bonchev–Trinajstić information content (AvgIpc) is 3.36. The van der Waals surface area contributed by atoms with Gasteiger partial charge in [-0.25, -0.2) is 0 Å². The van der Waals surface area contributed by atoms with Crippen molar-refractivity contribution >= 4 is 0 Å². The van der Waals surface area contributed by atoms with E-state index in [9.17, 15) is 0 Å². The Morgan fingerprint density at radius 2 is 1.46 bits per heavy atom. The van der Waals surface area contributed by atoms with Crippen LogP contribution in [0, 0.1) is 0 Å². The number of para-hydroxylation sites is 1. The fraction of sp³-hybridized carbons (Fsp3) is 0.357. The maximum Gasteiger partial charge on any atom is 0.231 e. The minimum absolute atomic E-state index is 0.281. The molecular formula is C28H34NO6+. The van der Waals surface area contributed by atoms with Crippen LogP contribution in [0.25, 0.3) is 0 Å². The Morgan fingerprint density at radius 1 is 0.743 bits per heavy atom. The predicted molar refractivity (Wildman–Crippen MR) is 133 cm³/mol. The molecule has 3 aromatic rings. The van der Waals surface area contributed by atoms with Crippen molar-refractivity contribution in [1.82, 2.24) is 0 Å². The number of methoxy groups -OCH3 is 3. The van der Waals surface area contributed by atoms with E-state index in [-0.39, 0.29) is 6.79 Å². The van der Waals surface area contributed by atoms with Gasteiger partial charge in [0, 0.05) is 18.1 Å². The Hall–Kier alpha value is -3.58. The normalized spacial score (nSPS) is 12.8. The number of fused-ring (bicyclic) bond motifs is 1. The molecule has 0 aromatic heterocycles. The number of rotatable bonds is 12. The Bertz CT molecular complexity index is 1130. The molecule has 1 atom stereocenters. The standard InChI is InChI=1S/C28H33NO6/c1-5-33-23-9-7-6-8-21(23)17-29(13-12-20-10-11-24-28(14-20)35-19-34-24)18-22-15-26(31-3)27(32-4)16-25(22)30-2/h6-11,14-16H,5,12-13,17-19H2,1-4H3/p+1. The van der Waals surface area contributed by atoms with E-state index in [1.165, 1.54) is 16.0 Å². The molecule has 3 aromatic carbocycles. The zero-order chi connectivity index (χ0) is 24.6. The summed E-state index contributed by atoms with van der Waals surface area (Å²) in [6, 6.07) is 18.3. The van der Waals surface area contributed by atoms with Gasteiger partial charge in [0.15, 0.2) is 23.0 Å². The first-order chi connectivity index (χ1) is 17.1. The fourth-order valence-electron chi connectivity index (χ4n) is 4.37. The lowest BCUT2D eigenvalue weighted by Crippen LogP contribution is -3.09. The van der Waals surface area contributed by atoms with Gasteiger partial charge in [-0.2, -0.15) is 0 Å². The molecule has 0 fully saturated rings. The van der Waals surface area contributed by atoms with Crippen LogP contribution in [0.1, 0.15) is 23.6 Å². The van der Waals surface area contributed by atoms with E-state index in [4.69, 9.17) is 28.4 Å². The van der Waals surface area contributed by atoms with Crippen molar-refractivity contribution in [2.24, 2.45) is 0 Å². The van der Waals surface area contributed by atoms with Crippen LogP contribution in [0.2, 0.25) is 0 Å². The summed E-state index contributed by atoms with van der Waals surface area (Å²) >= 11 is 0. The van der Waals surface area contributed by atoms with Gasteiger partial charge in [-0.05, 0) is 42.8 Å². The number of nitrogens with one attached hydrogen (secondary N) is 1. The molecule has 1 heterocycles. The van der Waals surface area contributed by atoms with Crippen LogP contribution >= 0.6 is 0 Å². The number of ether oxygens (including phenoxy) is 6. The lowest BCUT2D eigenvalue weighted by Gasteiger charge is -2.23. The summed E-state index contributed by atoms with van der Waals surface area (Å²) in [5, 5.41) is 0. The highest BCUT2D eigenvalue weighted by Crippen LogP contribution is 2.35. The summed E-state index contributed by atoms with van der Waals surface area (Å²) in [4.78, 5) is 1.36. The zero-order valence-corrected chi connectivity index (χ0v) is 20.9. The van der Waals surface area contributed by atoms with Gasteiger partial charge in [-0.15, -0.1) is 0 Å². The molecule has 1 N–H and O–H groups in total. The van der Waals surface area contributed by atoms with Gasteiger partial charge in [-0.1, -0.05) is 18.2 Å². The van der Waals surface area contributed by atoms with E-state index in [1.54, 1.807) is 21.3 Å². The van der Waals surface area contributed by atoms with Crippen LogP contribution in [0.5, 0.6) is 34.5 Å². The van der Waals surface area contributed by atoms with Crippen molar-refractivity contribution in [3.05, 3.63) is 71.3 Å². The molecule has 7 heteroatoms. The number of hydrogen-bond donors (Lipinski definition) is 1. The van der Waals surface area contributed by atoms with Crippen LogP contribution in [0.3, 0.4) is 0 Å². The average molecular weight is 481 g/mol. The summed E-state index contributed by atoms with van der Waals surface area (Å²) in [6.07, 6.45) is 0.887. The molecule has 1 unspecified atom stereocenters. The van der Waals surface area contributed by atoms with Crippen molar-refractivity contribution in [1.29, 1.82) is 0 Å². The molecule has 1 aliphatic rings. The molecule has 35 heavy (non-hydrogen) atoms. The molecule has 0 radical (unpaired) electrons. The lowest BCUT2D eigenvalue weighted by molar-refractivity contribution is -0.927. The van der Waals surface area contributed by atoms with Gasteiger partial charge in [0.25, 0.3) is 0 Å². The minimum Gasteiger partial charge on any atom is -0.496 e. The van der Waals surface area contributed by atoms with Gasteiger partial charge < -0.3 is 33.3 Å². The monoisotopic (exact) mass is 480 g/mol. The van der Waals surface area contributed by atoms with E-state index >= 15 is 0 Å². The van der Waals surface area contributed by atoms with Gasteiger partial charge in [0.2, 0.25) is 6.79 Å². The zero-order valence-electron chi connectivity index (χ0n) is 20.9. The topological polar surface area (TPSA) is 59.8 Å². The first-order valence-electron chi connectivity index (χ1n) is 11.9. The van der Waals surface area contributed by atoms with E-state index < -0.39 is 0 Å². The summed E-state index contributed by atoms with van der Waals surface area (Å²) in [5.74, 6) is 4.66. The van der Waals surface area contributed by atoms with Gasteiger partial charge in [0.1, 0.15) is 24.6 Å². The third kappa shape index (κ3) is 5.92. The fourth-order valence-corrected chi connectivity index (χ4v) is 4.37. The molecule has 186 valence electrons. The van der Waals surface area contributed by atoms with E-state index in [0.29, 0.717) is 18.1 Å². The molecule has 0 amide bonds. The molecule has 0 bridgehead atoms. The number of hydrogen-bond acceptors (Lipinski definition) is 6. The second-order valence-electron chi connectivity index (χ2n) is 8.35. The van der Waals surface area contributed by atoms with Crippen LogP contribution in [-0.2, 0) is 19.5 Å². The quantitative estimate of drug-likeness (QED) is 0.427. The predicted octanol–water partition coefficient (Wildman–Crippen LogP) is 3.67. The van der Waals surface area contributed by atoms with E-state index in [1.807, 2.05) is 37.3 Å². The highest BCUT2D eigenvalue weighted by molar-refractivity contribution is 5.50. The molecule has 0 saturated carbocycles. The first-order valence-corrected chi connectivity index (χ1v) is 11.9. The van der Waals surface area contributed by atoms with Crippen LogP contribution in [0.15, 0.2) is 54.6 Å². The molecule has 4 rings (SSSR count). The number of benzene rings is 3. The van der Waals surface area contributed by atoms with Gasteiger partial charge >= 0.3 is 0 Å². The SMILES string of the molecule is CCOc1ccccc1C[NH+](CCc1ccc2c(c1)OCO2)Cc1cc(OC)c(OC)cc1OC. The molecule has 0 spiro atoms. The van der Waals surface area contributed by atoms with Crippen LogP contribution in [-0.4, -0.2) is 41.3 Å². The largest absolute Gasteiger partial charge is 0.496 e. The highest BCUT2D eigenvalue weighted by Gasteiger charge is 2.20. The summed E-state index contributed by atoms with van der Waals surface area (Å²) in [5.41, 5.74) is 3.44. The molecule has 1 aliphatic heterocycles. The Labute approximate surface area is 207 Å². The maximum atomic E-state index is 5.91. The Balaban J connectivity index is 1.60. The number of quaternary nitrogens is 1. The van der Waals surface area contributed by atoms with Crippen molar-refractivity contribution in [3.63, 3.8) is 0 Å². The van der Waals surface area contributed by atoms with Crippen molar-refractivity contribution in [2.75, 3.05) is 41.3 Å². The second-order valence-corrected chi connectivity index (χ2v) is 8.35. The van der Waals surface area contributed by atoms with E-state index in [0.717, 1.165) is 54.6 Å². The summed E-state index contributed by atoms with van der Waals surface area (Å²) < 4.78 is 33.7. The highest BCUT2D eigenvalue weighted by atomic mass is 16.7. The Morgan fingerprint density at radius 3 is 2.23 bits per heavy atom. The first kappa shape index (κ1) is 24.5. The third-order valence-corrected chi connectivity index (χ3v) is 6.14. The summed E-state index contributed by atoms with van der Waals surface area (Å²) in [6.45, 7) is 5.37. The van der Waals surface area contributed by atoms with Crippen LogP contribution in [0.4, 0.5) is 0 Å². The smallest absolute Gasteiger partial charge is 0.231 e. The molecular weight excluding hydrogens is 446 g/mol. The van der Waals surface area contributed by atoms with Crippen molar-refractivity contribution in [3.8, 4) is 34.5 Å². The van der Waals surface area contributed by atoms with Crippen molar-refractivity contribution < 1.29 is 33.3 Å².